The summed E-state index contributed by atoms with van der Waals surface area (Å²) in [5.41, 5.74) is 2.88. The number of pyridine rings is 1. The molecular weight excluding hydrogens is 406 g/mol. The SMILES string of the molecule is Cc1cc(C)c(-n2c(O)c(/C=N/N3CCCCC3c3cccnc3)c(=O)[nH]c2=O)c(C)c1. The zero-order valence-corrected chi connectivity index (χ0v) is 18.5. The summed E-state index contributed by atoms with van der Waals surface area (Å²) in [6.45, 7) is 6.43. The highest BCUT2D eigenvalue weighted by Crippen LogP contribution is 2.30. The molecule has 166 valence electrons. The number of piperidine rings is 1. The number of nitrogens with zero attached hydrogens (tertiary/aromatic N) is 4. The molecule has 8 nitrogen and oxygen atoms in total. The molecular formula is C24H27N5O3. The van der Waals surface area contributed by atoms with Gasteiger partial charge in [-0.15, -0.1) is 0 Å². The van der Waals surface area contributed by atoms with Crippen LogP contribution in [-0.2, 0) is 0 Å². The Bertz CT molecular complexity index is 1250. The summed E-state index contributed by atoms with van der Waals surface area (Å²) in [6.07, 6.45) is 7.89. The molecule has 0 saturated carbocycles. The first-order valence-corrected chi connectivity index (χ1v) is 10.7. The van der Waals surface area contributed by atoms with E-state index in [1.165, 1.54) is 6.21 Å². The average Bonchev–Trinajstić information content (AvgIpc) is 2.76. The lowest BCUT2D eigenvalue weighted by Crippen LogP contribution is -2.33. The van der Waals surface area contributed by atoms with E-state index in [0.717, 1.165) is 52.6 Å². The van der Waals surface area contributed by atoms with Crippen molar-refractivity contribution in [3.8, 4) is 11.6 Å². The quantitative estimate of drug-likeness (QED) is 0.616. The predicted molar refractivity (Wildman–Crippen MR) is 124 cm³/mol. The minimum Gasteiger partial charge on any atom is -0.493 e. The molecule has 4 rings (SSSR count). The second kappa shape index (κ2) is 8.82. The van der Waals surface area contributed by atoms with E-state index in [9.17, 15) is 14.7 Å². The van der Waals surface area contributed by atoms with Crippen LogP contribution in [0.4, 0.5) is 0 Å². The third-order valence-corrected chi connectivity index (χ3v) is 5.86. The Hall–Kier alpha value is -3.68. The largest absolute Gasteiger partial charge is 0.493 e. The van der Waals surface area contributed by atoms with E-state index < -0.39 is 17.1 Å². The van der Waals surface area contributed by atoms with Crippen LogP contribution < -0.4 is 11.2 Å². The van der Waals surface area contributed by atoms with E-state index in [0.29, 0.717) is 5.69 Å². The molecule has 1 aliphatic heterocycles. The minimum atomic E-state index is -0.689. The third-order valence-electron chi connectivity index (χ3n) is 5.86. The minimum absolute atomic E-state index is 0.0439. The van der Waals surface area contributed by atoms with Crippen molar-refractivity contribution in [2.75, 3.05) is 6.54 Å². The lowest BCUT2D eigenvalue weighted by Gasteiger charge is -2.33. The van der Waals surface area contributed by atoms with E-state index >= 15 is 0 Å². The zero-order chi connectivity index (χ0) is 22.8. The second-order valence-electron chi connectivity index (χ2n) is 8.28. The summed E-state index contributed by atoms with van der Waals surface area (Å²) < 4.78 is 1.14. The summed E-state index contributed by atoms with van der Waals surface area (Å²) in [4.78, 5) is 31.7. The zero-order valence-electron chi connectivity index (χ0n) is 18.5. The van der Waals surface area contributed by atoms with Crippen LogP contribution in [0.5, 0.6) is 5.88 Å². The smallest absolute Gasteiger partial charge is 0.335 e. The van der Waals surface area contributed by atoms with Gasteiger partial charge in [0.15, 0.2) is 0 Å². The Balaban J connectivity index is 1.77. The number of H-pyrrole nitrogens is 1. The van der Waals surface area contributed by atoms with Gasteiger partial charge in [-0.3, -0.25) is 19.8 Å². The average molecular weight is 434 g/mol. The maximum absolute atomic E-state index is 12.6. The molecule has 1 fully saturated rings. The number of hydrogen-bond donors (Lipinski definition) is 2. The van der Waals surface area contributed by atoms with Crippen LogP contribution in [0, 0.1) is 20.8 Å². The van der Waals surface area contributed by atoms with Crippen molar-refractivity contribution in [1.29, 1.82) is 0 Å². The lowest BCUT2D eigenvalue weighted by molar-refractivity contribution is 0.156. The van der Waals surface area contributed by atoms with Gasteiger partial charge in [0.25, 0.3) is 5.56 Å². The first-order chi connectivity index (χ1) is 15.4. The molecule has 3 heterocycles. The van der Waals surface area contributed by atoms with Crippen molar-refractivity contribution in [3.63, 3.8) is 0 Å². The molecule has 1 aromatic carbocycles. The Kier molecular flexibility index (Phi) is 5.94. The molecule has 0 radical (unpaired) electrons. The first-order valence-electron chi connectivity index (χ1n) is 10.7. The Morgan fingerprint density at radius 3 is 2.62 bits per heavy atom. The van der Waals surface area contributed by atoms with Gasteiger partial charge in [0.2, 0.25) is 5.88 Å². The Labute approximate surface area is 185 Å². The first kappa shape index (κ1) is 21.5. The fourth-order valence-corrected chi connectivity index (χ4v) is 4.49. The van der Waals surface area contributed by atoms with E-state index in [4.69, 9.17) is 0 Å². The third kappa shape index (κ3) is 4.08. The molecule has 8 heteroatoms. The van der Waals surface area contributed by atoms with Gasteiger partial charge in [0.1, 0.15) is 5.56 Å². The summed E-state index contributed by atoms with van der Waals surface area (Å²) >= 11 is 0. The molecule has 2 aromatic heterocycles. The maximum Gasteiger partial charge on any atom is 0.335 e. The van der Waals surface area contributed by atoms with E-state index in [-0.39, 0.29) is 11.6 Å². The van der Waals surface area contributed by atoms with E-state index in [1.807, 2.05) is 56.2 Å². The predicted octanol–water partition coefficient (Wildman–Crippen LogP) is 3.11. The van der Waals surface area contributed by atoms with Crippen molar-refractivity contribution >= 4 is 6.21 Å². The Morgan fingerprint density at radius 2 is 1.94 bits per heavy atom. The summed E-state index contributed by atoms with van der Waals surface area (Å²) in [5, 5.41) is 17.4. The highest BCUT2D eigenvalue weighted by atomic mass is 16.3. The van der Waals surface area contributed by atoms with E-state index in [1.54, 1.807) is 6.20 Å². The fraction of sp³-hybridized carbons (Fsp3) is 0.333. The van der Waals surface area contributed by atoms with Gasteiger partial charge in [-0.05, 0) is 62.8 Å². The number of aromatic hydroxyl groups is 1. The van der Waals surface area contributed by atoms with Gasteiger partial charge in [-0.1, -0.05) is 23.8 Å². The monoisotopic (exact) mass is 433 g/mol. The van der Waals surface area contributed by atoms with Gasteiger partial charge in [0, 0.05) is 18.9 Å². The molecule has 1 atom stereocenters. The number of hydrazone groups is 1. The van der Waals surface area contributed by atoms with Crippen LogP contribution in [0.2, 0.25) is 0 Å². The van der Waals surface area contributed by atoms with E-state index in [2.05, 4.69) is 15.1 Å². The maximum atomic E-state index is 12.6. The number of aryl methyl sites for hydroxylation is 3. The second-order valence-corrected chi connectivity index (χ2v) is 8.28. The molecule has 2 N–H and O–H groups in total. The van der Waals surface area contributed by atoms with Crippen LogP contribution in [0.3, 0.4) is 0 Å². The van der Waals surface area contributed by atoms with Crippen LogP contribution >= 0.6 is 0 Å². The number of benzene rings is 1. The summed E-state index contributed by atoms with van der Waals surface area (Å²) in [6, 6.07) is 7.81. The highest BCUT2D eigenvalue weighted by Gasteiger charge is 2.23. The van der Waals surface area contributed by atoms with Crippen molar-refractivity contribution in [3.05, 3.63) is 85.3 Å². The number of aromatic amines is 1. The van der Waals surface area contributed by atoms with Crippen molar-refractivity contribution in [2.24, 2.45) is 5.10 Å². The lowest BCUT2D eigenvalue weighted by atomic mass is 9.98. The van der Waals surface area contributed by atoms with Gasteiger partial charge < -0.3 is 5.11 Å². The normalized spacial score (nSPS) is 16.6. The molecule has 1 saturated heterocycles. The topological polar surface area (TPSA) is 104 Å². The number of nitrogens with one attached hydrogen (secondary N) is 1. The van der Waals surface area contributed by atoms with Gasteiger partial charge in [-0.2, -0.15) is 5.10 Å². The van der Waals surface area contributed by atoms with Crippen molar-refractivity contribution < 1.29 is 5.11 Å². The van der Waals surface area contributed by atoms with Crippen LogP contribution in [0.15, 0.2) is 51.3 Å². The number of rotatable bonds is 4. The molecule has 1 unspecified atom stereocenters. The molecule has 0 spiro atoms. The standard InChI is InChI=1S/C24H27N5O3/c1-15-11-16(2)21(17(3)12-15)29-23(31)19(22(30)27-24(29)32)14-26-28-10-5-4-8-20(28)18-7-6-9-25-13-18/h6-7,9,11-14,20,31H,4-5,8,10H2,1-3H3,(H,27,30,32)/b26-14+. The van der Waals surface area contributed by atoms with Gasteiger partial charge >= 0.3 is 5.69 Å². The fourth-order valence-electron chi connectivity index (χ4n) is 4.49. The van der Waals surface area contributed by atoms with Gasteiger partial charge in [0.05, 0.1) is 17.9 Å². The molecule has 32 heavy (non-hydrogen) atoms. The highest BCUT2D eigenvalue weighted by molar-refractivity contribution is 5.82. The van der Waals surface area contributed by atoms with Crippen LogP contribution in [-0.4, -0.2) is 37.4 Å². The van der Waals surface area contributed by atoms with Crippen LogP contribution in [0.1, 0.15) is 53.1 Å². The molecule has 0 aliphatic carbocycles. The summed E-state index contributed by atoms with van der Waals surface area (Å²) in [7, 11) is 0. The van der Waals surface area contributed by atoms with Crippen LogP contribution in [0.25, 0.3) is 5.69 Å². The number of hydrogen-bond acceptors (Lipinski definition) is 6. The van der Waals surface area contributed by atoms with Crippen molar-refractivity contribution in [1.82, 2.24) is 19.5 Å². The van der Waals surface area contributed by atoms with Crippen molar-refractivity contribution in [2.45, 2.75) is 46.1 Å². The molecule has 0 bridgehead atoms. The molecule has 3 aromatic rings. The van der Waals surface area contributed by atoms with Gasteiger partial charge in [-0.25, -0.2) is 9.36 Å². The summed E-state index contributed by atoms with van der Waals surface area (Å²) in [5.74, 6) is -0.424. The Morgan fingerprint density at radius 1 is 1.19 bits per heavy atom. The number of aromatic nitrogens is 3. The molecule has 1 aliphatic rings. The molecule has 0 amide bonds.